The number of hydrogen-bond acceptors (Lipinski definition) is 3. The summed E-state index contributed by atoms with van der Waals surface area (Å²) in [7, 11) is 0. The minimum Gasteiger partial charge on any atom is -0.478 e. The molecule has 6 heteroatoms. The van der Waals surface area contributed by atoms with Crippen LogP contribution in [0.25, 0.3) is 0 Å². The zero-order valence-electron chi connectivity index (χ0n) is 12.4. The van der Waals surface area contributed by atoms with Crippen molar-refractivity contribution < 1.29 is 19.1 Å². The summed E-state index contributed by atoms with van der Waals surface area (Å²) in [5.74, 6) is 1.08. The van der Waals surface area contributed by atoms with Crippen molar-refractivity contribution >= 4 is 12.0 Å². The van der Waals surface area contributed by atoms with E-state index < -0.39 is 5.97 Å². The zero-order valence-corrected chi connectivity index (χ0v) is 12.4. The maximum absolute atomic E-state index is 11.7. The molecular formula is C15H22N2O4. The second kappa shape index (κ2) is 6.65. The number of amides is 2. The molecule has 2 rings (SSSR count). The van der Waals surface area contributed by atoms with Gasteiger partial charge in [-0.1, -0.05) is 13.3 Å². The lowest BCUT2D eigenvalue weighted by Crippen LogP contribution is -2.37. The van der Waals surface area contributed by atoms with Crippen LogP contribution in [0.1, 0.15) is 48.1 Å². The third-order valence-corrected chi connectivity index (χ3v) is 3.98. The van der Waals surface area contributed by atoms with Crippen LogP contribution in [0.15, 0.2) is 10.5 Å². The number of aromatic carboxylic acids is 1. The van der Waals surface area contributed by atoms with Gasteiger partial charge >= 0.3 is 12.0 Å². The van der Waals surface area contributed by atoms with Crippen molar-refractivity contribution in [2.24, 2.45) is 11.8 Å². The third kappa shape index (κ3) is 4.24. The van der Waals surface area contributed by atoms with Crippen molar-refractivity contribution in [1.29, 1.82) is 0 Å². The second-order valence-electron chi connectivity index (χ2n) is 5.84. The van der Waals surface area contributed by atoms with Crippen LogP contribution in [-0.2, 0) is 6.54 Å². The molecule has 2 atom stereocenters. The van der Waals surface area contributed by atoms with E-state index in [9.17, 15) is 9.59 Å². The van der Waals surface area contributed by atoms with Crippen molar-refractivity contribution in [3.05, 3.63) is 23.2 Å². The summed E-state index contributed by atoms with van der Waals surface area (Å²) in [6.07, 6.45) is 3.57. The monoisotopic (exact) mass is 294 g/mol. The van der Waals surface area contributed by atoms with Gasteiger partial charge in [0.2, 0.25) is 0 Å². The van der Waals surface area contributed by atoms with E-state index in [0.717, 1.165) is 5.92 Å². The van der Waals surface area contributed by atoms with Crippen molar-refractivity contribution in [3.63, 3.8) is 0 Å². The largest absolute Gasteiger partial charge is 0.478 e. The van der Waals surface area contributed by atoms with E-state index in [-0.39, 0.29) is 18.1 Å². The Labute approximate surface area is 123 Å². The fourth-order valence-electron chi connectivity index (χ4n) is 2.82. The first-order valence-electron chi connectivity index (χ1n) is 7.30. The molecule has 0 aromatic carbocycles. The van der Waals surface area contributed by atoms with Gasteiger partial charge in [-0.05, 0) is 37.7 Å². The van der Waals surface area contributed by atoms with Crippen LogP contribution in [0.3, 0.4) is 0 Å². The third-order valence-electron chi connectivity index (χ3n) is 3.98. The summed E-state index contributed by atoms with van der Waals surface area (Å²) in [5, 5.41) is 14.5. The number of rotatable bonds is 5. The van der Waals surface area contributed by atoms with Gasteiger partial charge in [-0.15, -0.1) is 0 Å². The zero-order chi connectivity index (χ0) is 15.4. The van der Waals surface area contributed by atoms with Gasteiger partial charge in [0.05, 0.1) is 6.54 Å². The Morgan fingerprint density at radius 1 is 1.38 bits per heavy atom. The van der Waals surface area contributed by atoms with Crippen LogP contribution < -0.4 is 10.6 Å². The normalized spacial score (nSPS) is 21.2. The maximum atomic E-state index is 11.7. The molecule has 2 unspecified atom stereocenters. The minimum atomic E-state index is -1.03. The van der Waals surface area contributed by atoms with Gasteiger partial charge in [-0.2, -0.15) is 0 Å². The molecule has 1 heterocycles. The molecule has 0 bridgehead atoms. The van der Waals surface area contributed by atoms with Gasteiger partial charge in [-0.25, -0.2) is 9.59 Å². The molecule has 1 fully saturated rings. The van der Waals surface area contributed by atoms with E-state index in [4.69, 9.17) is 9.52 Å². The molecule has 1 aromatic heterocycles. The van der Waals surface area contributed by atoms with E-state index in [2.05, 4.69) is 17.6 Å². The SMILES string of the molecule is Cc1oc(CNC(=O)NCC2CCC(C)C2)cc1C(=O)O. The molecule has 21 heavy (non-hydrogen) atoms. The van der Waals surface area contributed by atoms with Gasteiger partial charge in [0, 0.05) is 6.54 Å². The Morgan fingerprint density at radius 2 is 2.14 bits per heavy atom. The summed E-state index contributed by atoms with van der Waals surface area (Å²) in [5.41, 5.74) is 0.132. The number of carboxylic acids is 1. The first-order valence-corrected chi connectivity index (χ1v) is 7.30. The Bertz CT molecular complexity index is 524. The lowest BCUT2D eigenvalue weighted by atomic mass is 10.1. The van der Waals surface area contributed by atoms with Crippen LogP contribution in [0.2, 0.25) is 0 Å². The van der Waals surface area contributed by atoms with Gasteiger partial charge in [-0.3, -0.25) is 0 Å². The molecular weight excluding hydrogens is 272 g/mol. The predicted octanol–water partition coefficient (Wildman–Crippen LogP) is 2.52. The lowest BCUT2D eigenvalue weighted by molar-refractivity contribution is 0.0695. The lowest BCUT2D eigenvalue weighted by Gasteiger charge is -2.11. The predicted molar refractivity (Wildman–Crippen MR) is 77.1 cm³/mol. The Balaban J connectivity index is 1.73. The van der Waals surface area contributed by atoms with Crippen molar-refractivity contribution in [2.45, 2.75) is 39.7 Å². The van der Waals surface area contributed by atoms with Gasteiger partial charge in [0.1, 0.15) is 17.1 Å². The van der Waals surface area contributed by atoms with Crippen LogP contribution in [0.4, 0.5) is 4.79 Å². The van der Waals surface area contributed by atoms with Gasteiger partial charge in [0.15, 0.2) is 0 Å². The maximum Gasteiger partial charge on any atom is 0.339 e. The number of aryl methyl sites for hydroxylation is 1. The molecule has 2 amide bonds. The molecule has 6 nitrogen and oxygen atoms in total. The molecule has 1 aromatic rings. The van der Waals surface area contributed by atoms with Crippen LogP contribution in [0, 0.1) is 18.8 Å². The fraction of sp³-hybridized carbons (Fsp3) is 0.600. The minimum absolute atomic E-state index is 0.132. The average Bonchev–Trinajstić information content (AvgIpc) is 3.00. The second-order valence-corrected chi connectivity index (χ2v) is 5.84. The Kier molecular flexibility index (Phi) is 4.88. The Hall–Kier alpha value is -1.98. The molecule has 3 N–H and O–H groups in total. The number of furan rings is 1. The molecule has 0 spiro atoms. The topological polar surface area (TPSA) is 91.6 Å². The molecule has 0 radical (unpaired) electrons. The van der Waals surface area contributed by atoms with E-state index in [0.29, 0.717) is 24.0 Å². The molecule has 116 valence electrons. The number of carboxylic acid groups (broad SMARTS) is 1. The summed E-state index contributed by atoms with van der Waals surface area (Å²) >= 11 is 0. The van der Waals surface area contributed by atoms with Crippen LogP contribution in [0.5, 0.6) is 0 Å². The average molecular weight is 294 g/mol. The molecule has 0 aliphatic heterocycles. The fourth-order valence-corrected chi connectivity index (χ4v) is 2.82. The number of hydrogen-bond donors (Lipinski definition) is 3. The quantitative estimate of drug-likeness (QED) is 0.778. The molecule has 1 saturated carbocycles. The van der Waals surface area contributed by atoms with E-state index in [1.807, 2.05) is 0 Å². The first-order chi connectivity index (χ1) is 9.95. The highest BCUT2D eigenvalue weighted by molar-refractivity contribution is 5.88. The molecule has 0 saturated heterocycles. The van der Waals surface area contributed by atoms with E-state index in [1.165, 1.54) is 25.3 Å². The van der Waals surface area contributed by atoms with E-state index in [1.54, 1.807) is 6.92 Å². The number of carbonyl (C=O) groups is 2. The highest BCUT2D eigenvalue weighted by atomic mass is 16.4. The van der Waals surface area contributed by atoms with Gasteiger partial charge in [0.25, 0.3) is 0 Å². The summed E-state index contributed by atoms with van der Waals surface area (Å²) < 4.78 is 5.30. The highest BCUT2D eigenvalue weighted by Crippen LogP contribution is 2.29. The van der Waals surface area contributed by atoms with Crippen LogP contribution >= 0.6 is 0 Å². The molecule has 1 aliphatic rings. The summed E-state index contributed by atoms with van der Waals surface area (Å²) in [4.78, 5) is 22.6. The summed E-state index contributed by atoms with van der Waals surface area (Å²) in [6, 6.07) is 1.19. The number of nitrogens with one attached hydrogen (secondary N) is 2. The standard InChI is InChI=1S/C15H22N2O4/c1-9-3-4-11(5-9)7-16-15(20)17-8-12-6-13(14(18)19)10(2)21-12/h6,9,11H,3-5,7-8H2,1-2H3,(H,18,19)(H2,16,17,20). The van der Waals surface area contributed by atoms with E-state index >= 15 is 0 Å². The summed E-state index contributed by atoms with van der Waals surface area (Å²) in [6.45, 7) is 4.70. The molecule has 1 aliphatic carbocycles. The number of urea groups is 1. The van der Waals surface area contributed by atoms with Crippen LogP contribution in [-0.4, -0.2) is 23.7 Å². The van der Waals surface area contributed by atoms with Crippen molar-refractivity contribution in [3.8, 4) is 0 Å². The van der Waals surface area contributed by atoms with Crippen molar-refractivity contribution in [1.82, 2.24) is 10.6 Å². The smallest absolute Gasteiger partial charge is 0.339 e. The van der Waals surface area contributed by atoms with Gasteiger partial charge < -0.3 is 20.2 Å². The Morgan fingerprint density at radius 3 is 2.71 bits per heavy atom. The highest BCUT2D eigenvalue weighted by Gasteiger charge is 2.21. The number of carbonyl (C=O) groups excluding carboxylic acids is 1. The van der Waals surface area contributed by atoms with Crippen molar-refractivity contribution in [2.75, 3.05) is 6.54 Å². The first kappa shape index (κ1) is 15.4.